The molecule has 1 rings (SSSR count). The minimum Gasteiger partial charge on any atom is -0.493 e. The van der Waals surface area contributed by atoms with Gasteiger partial charge < -0.3 is 42.4 Å². The second-order valence-electron chi connectivity index (χ2n) is 9.40. The summed E-state index contributed by atoms with van der Waals surface area (Å²) in [6, 6.07) is 2.67. The Morgan fingerprint density at radius 1 is 1.13 bits per heavy atom. The third kappa shape index (κ3) is 14.2. The number of aliphatic hydroxyl groups is 1. The lowest BCUT2D eigenvalue weighted by atomic mass is 10.1. The summed E-state index contributed by atoms with van der Waals surface area (Å²) in [6.07, 6.45) is 8.00. The van der Waals surface area contributed by atoms with Crippen molar-refractivity contribution in [2.75, 3.05) is 20.3 Å². The van der Waals surface area contributed by atoms with Gasteiger partial charge in [-0.05, 0) is 55.7 Å². The van der Waals surface area contributed by atoms with Gasteiger partial charge in [0.15, 0.2) is 17.5 Å². The maximum Gasteiger partial charge on any atom is 0.334 e. The van der Waals surface area contributed by atoms with Crippen LogP contribution in [0.3, 0.4) is 0 Å². The van der Waals surface area contributed by atoms with Gasteiger partial charge >= 0.3 is 5.97 Å². The summed E-state index contributed by atoms with van der Waals surface area (Å²) < 4.78 is 10.9. The quantitative estimate of drug-likeness (QED) is 0.0383. The second-order valence-corrected chi connectivity index (χ2v) is 9.40. The molecule has 9 N–H and O–H groups in total. The Morgan fingerprint density at radius 2 is 1.87 bits per heavy atom. The molecule has 0 saturated heterocycles. The lowest BCUT2D eigenvalue weighted by Crippen LogP contribution is -2.50. The van der Waals surface area contributed by atoms with Crippen LogP contribution >= 0.6 is 0 Å². The van der Waals surface area contributed by atoms with E-state index in [4.69, 9.17) is 31.8 Å². The molecule has 0 saturated carbocycles. The molecule has 12 heteroatoms. The van der Waals surface area contributed by atoms with Gasteiger partial charge in [-0.1, -0.05) is 32.1 Å². The maximum absolute atomic E-state index is 12.9. The largest absolute Gasteiger partial charge is 0.493 e. The summed E-state index contributed by atoms with van der Waals surface area (Å²) in [5, 5.41) is 14.5. The number of unbranched alkanes of at least 4 members (excludes halogenated alkanes) is 2. The summed E-state index contributed by atoms with van der Waals surface area (Å²) in [4.78, 5) is 41.1. The van der Waals surface area contributed by atoms with E-state index in [1.165, 1.54) is 7.11 Å². The average molecular weight is 549 g/mol. The van der Waals surface area contributed by atoms with Crippen molar-refractivity contribution >= 4 is 23.7 Å². The predicted molar refractivity (Wildman–Crippen MR) is 150 cm³/mol. The number of rotatable bonds is 18. The lowest BCUT2D eigenvalue weighted by Gasteiger charge is -2.20. The third-order valence-electron chi connectivity index (χ3n) is 5.55. The molecule has 2 atom stereocenters. The van der Waals surface area contributed by atoms with Crippen molar-refractivity contribution < 1.29 is 29.0 Å². The highest BCUT2D eigenvalue weighted by Crippen LogP contribution is 2.28. The fourth-order valence-corrected chi connectivity index (χ4v) is 3.41. The fourth-order valence-electron chi connectivity index (χ4n) is 3.41. The second kappa shape index (κ2) is 18.6. The summed E-state index contributed by atoms with van der Waals surface area (Å²) in [5.41, 5.74) is 17.0. The zero-order valence-electron chi connectivity index (χ0n) is 23.2. The van der Waals surface area contributed by atoms with Gasteiger partial charge in [-0.25, -0.2) is 4.79 Å². The summed E-state index contributed by atoms with van der Waals surface area (Å²) >= 11 is 0. The number of aliphatic hydroxyl groups excluding tert-OH is 1. The highest BCUT2D eigenvalue weighted by Gasteiger charge is 2.26. The standard InChI is InChI=1S/C27H44N6O6/c1-18(2)9-6-4-5-7-11-24(35)32-16-19-12-13-22(23(15-19)38-3)39-26(37)21(10-8-14-31-27(29)30)33-25(36)20(28)17-34/h6,9,12-13,15,18,20-21,34H,4-5,7-8,10-11,14,16-17,28H2,1-3H3,(H,32,35)(H,33,36)(H4,29,30,31)/b9-6+/t20-,21-/m0/s1. The van der Waals surface area contributed by atoms with Crippen molar-refractivity contribution in [1.82, 2.24) is 10.6 Å². The molecule has 0 bridgehead atoms. The third-order valence-corrected chi connectivity index (χ3v) is 5.55. The van der Waals surface area contributed by atoms with E-state index in [-0.39, 0.29) is 36.3 Å². The number of benzene rings is 1. The number of allylic oxidation sites excluding steroid dienone is 2. The molecule has 1 aromatic rings. The number of nitrogens with two attached hydrogens (primary N) is 3. The number of nitrogens with zero attached hydrogens (tertiary/aromatic N) is 1. The number of aliphatic imine (C=N–C) groups is 1. The number of nitrogens with one attached hydrogen (secondary N) is 2. The zero-order chi connectivity index (χ0) is 29.2. The van der Waals surface area contributed by atoms with Crippen LogP contribution in [-0.2, 0) is 20.9 Å². The molecule has 0 radical (unpaired) electrons. The Bertz CT molecular complexity index is 978. The summed E-state index contributed by atoms with van der Waals surface area (Å²) in [5.74, 6) is -0.632. The molecule has 0 spiro atoms. The van der Waals surface area contributed by atoms with E-state index >= 15 is 0 Å². The minimum atomic E-state index is -1.19. The van der Waals surface area contributed by atoms with Gasteiger partial charge in [-0.2, -0.15) is 0 Å². The van der Waals surface area contributed by atoms with Crippen LogP contribution in [0.1, 0.15) is 57.9 Å². The van der Waals surface area contributed by atoms with E-state index in [0.29, 0.717) is 25.3 Å². The highest BCUT2D eigenvalue weighted by atomic mass is 16.6. The molecule has 0 aromatic heterocycles. The number of esters is 1. The van der Waals surface area contributed by atoms with Crippen molar-refractivity contribution in [3.8, 4) is 11.5 Å². The van der Waals surface area contributed by atoms with Gasteiger partial charge in [0.05, 0.1) is 13.7 Å². The van der Waals surface area contributed by atoms with Crippen LogP contribution in [0.5, 0.6) is 11.5 Å². The molecule has 0 aliphatic heterocycles. The van der Waals surface area contributed by atoms with Gasteiger partial charge in [-0.3, -0.25) is 14.6 Å². The molecule has 12 nitrogen and oxygen atoms in total. The number of hydrogen-bond acceptors (Lipinski definition) is 8. The Kier molecular flexibility index (Phi) is 15.9. The highest BCUT2D eigenvalue weighted by molar-refractivity contribution is 5.88. The summed E-state index contributed by atoms with van der Waals surface area (Å²) in [7, 11) is 1.43. The van der Waals surface area contributed by atoms with Crippen LogP contribution in [0.2, 0.25) is 0 Å². The molecular weight excluding hydrogens is 504 g/mol. The molecule has 1 aromatic carbocycles. The SMILES string of the molecule is COc1cc(CNC(=O)CCCC/C=C/C(C)C)ccc1OC(=O)[C@H](CCCN=C(N)N)NC(=O)[C@@H](N)CO. The molecule has 0 aliphatic carbocycles. The monoisotopic (exact) mass is 548 g/mol. The number of amides is 2. The first-order chi connectivity index (χ1) is 18.6. The number of guanidine groups is 1. The number of methoxy groups -OCH3 is 1. The molecule has 0 heterocycles. The first kappa shape index (κ1) is 33.4. The van der Waals surface area contributed by atoms with E-state index in [9.17, 15) is 14.4 Å². The number of carbonyl (C=O) groups is 3. The summed E-state index contributed by atoms with van der Waals surface area (Å²) in [6.45, 7) is 4.21. The van der Waals surface area contributed by atoms with E-state index in [1.807, 2.05) is 0 Å². The van der Waals surface area contributed by atoms with Gasteiger partial charge in [0.25, 0.3) is 0 Å². The van der Waals surface area contributed by atoms with Crippen LogP contribution in [0.4, 0.5) is 0 Å². The smallest absolute Gasteiger partial charge is 0.334 e. The van der Waals surface area contributed by atoms with Crippen molar-refractivity contribution in [1.29, 1.82) is 0 Å². The van der Waals surface area contributed by atoms with Gasteiger partial charge in [0, 0.05) is 19.5 Å². The fraction of sp³-hybridized carbons (Fsp3) is 0.556. The number of ether oxygens (including phenoxy) is 2. The Balaban J connectivity index is 2.73. The number of carbonyl (C=O) groups excluding carboxylic acids is 3. The van der Waals surface area contributed by atoms with Crippen LogP contribution in [0.15, 0.2) is 35.3 Å². The van der Waals surface area contributed by atoms with Crippen molar-refractivity contribution in [2.24, 2.45) is 28.1 Å². The van der Waals surface area contributed by atoms with Crippen molar-refractivity contribution in [3.05, 3.63) is 35.9 Å². The molecule has 39 heavy (non-hydrogen) atoms. The predicted octanol–water partition coefficient (Wildman–Crippen LogP) is 0.847. The van der Waals surface area contributed by atoms with Gasteiger partial charge in [0.1, 0.15) is 12.1 Å². The lowest BCUT2D eigenvalue weighted by molar-refractivity contribution is -0.140. The Morgan fingerprint density at radius 3 is 2.51 bits per heavy atom. The first-order valence-electron chi connectivity index (χ1n) is 13.1. The van der Waals surface area contributed by atoms with Crippen LogP contribution in [-0.4, -0.2) is 61.2 Å². The minimum absolute atomic E-state index is 0.0438. The first-order valence-corrected chi connectivity index (χ1v) is 13.1. The molecule has 0 aliphatic rings. The van der Waals surface area contributed by atoms with E-state index in [2.05, 4.69) is 41.6 Å². The van der Waals surface area contributed by atoms with Crippen LogP contribution < -0.4 is 37.3 Å². The zero-order valence-corrected chi connectivity index (χ0v) is 23.2. The molecule has 0 fully saturated rings. The molecule has 2 amide bonds. The molecular formula is C27H44N6O6. The van der Waals surface area contributed by atoms with E-state index < -0.39 is 30.6 Å². The van der Waals surface area contributed by atoms with Crippen molar-refractivity contribution in [2.45, 2.75) is 71.0 Å². The Labute approximate surface area is 230 Å². The van der Waals surface area contributed by atoms with E-state index in [1.54, 1.807) is 18.2 Å². The van der Waals surface area contributed by atoms with Crippen LogP contribution in [0.25, 0.3) is 0 Å². The van der Waals surface area contributed by atoms with Gasteiger partial charge in [0.2, 0.25) is 11.8 Å². The normalized spacial score (nSPS) is 12.6. The maximum atomic E-state index is 12.9. The molecule has 0 unspecified atom stereocenters. The van der Waals surface area contributed by atoms with Crippen molar-refractivity contribution in [3.63, 3.8) is 0 Å². The van der Waals surface area contributed by atoms with E-state index in [0.717, 1.165) is 24.8 Å². The number of hydrogen-bond donors (Lipinski definition) is 6. The average Bonchev–Trinajstić information content (AvgIpc) is 2.90. The van der Waals surface area contributed by atoms with Gasteiger partial charge in [-0.15, -0.1) is 0 Å². The topological polar surface area (TPSA) is 204 Å². The Hall–Kier alpha value is -3.64. The molecule has 218 valence electrons. The van der Waals surface area contributed by atoms with Crippen LogP contribution in [0, 0.1) is 5.92 Å².